The predicted octanol–water partition coefficient (Wildman–Crippen LogP) is 2.80. The van der Waals surface area contributed by atoms with Crippen LogP contribution in [0.4, 0.5) is 24.7 Å². The monoisotopic (exact) mass is 604 g/mol. The highest BCUT2D eigenvalue weighted by Crippen LogP contribution is 2.38. The molecule has 0 atom stereocenters. The Bertz CT molecular complexity index is 1570. The summed E-state index contributed by atoms with van der Waals surface area (Å²) in [5.41, 5.74) is 5.53. The number of nitrogens with one attached hydrogen (secondary N) is 2. The van der Waals surface area contributed by atoms with E-state index in [0.29, 0.717) is 36.4 Å². The molecule has 230 valence electrons. The minimum atomic E-state index is -4.71. The van der Waals surface area contributed by atoms with Crippen LogP contribution in [0.1, 0.15) is 28.5 Å². The van der Waals surface area contributed by atoms with Gasteiger partial charge in [-0.2, -0.15) is 18.3 Å². The molecule has 0 saturated heterocycles. The van der Waals surface area contributed by atoms with Crippen molar-refractivity contribution in [1.82, 2.24) is 29.5 Å². The van der Waals surface area contributed by atoms with Crippen LogP contribution in [-0.2, 0) is 33.4 Å². The summed E-state index contributed by atoms with van der Waals surface area (Å²) in [7, 11) is 1.44. The van der Waals surface area contributed by atoms with Gasteiger partial charge in [0.25, 0.3) is 12.4 Å². The van der Waals surface area contributed by atoms with E-state index in [2.05, 4.69) is 25.7 Å². The van der Waals surface area contributed by atoms with E-state index < -0.39 is 11.9 Å². The summed E-state index contributed by atoms with van der Waals surface area (Å²) >= 11 is 0. The van der Waals surface area contributed by atoms with Crippen LogP contribution in [0.2, 0.25) is 0 Å². The normalized spacial score (nSPS) is 11.6. The largest absolute Gasteiger partial charge is 0.435 e. The molecule has 0 aliphatic carbocycles. The zero-order valence-electron chi connectivity index (χ0n) is 23.5. The molecule has 4 aromatic rings. The lowest BCUT2D eigenvalue weighted by molar-refractivity contribution is -0.141. The van der Waals surface area contributed by atoms with Crippen LogP contribution in [0, 0.1) is 0 Å². The first-order valence-electron chi connectivity index (χ1n) is 13.3. The van der Waals surface area contributed by atoms with Crippen molar-refractivity contribution in [2.45, 2.75) is 26.1 Å². The van der Waals surface area contributed by atoms with E-state index in [1.54, 1.807) is 13.0 Å². The molecule has 4 N–H and O–H groups in total. The number of hydrogen-bond acceptors (Lipinski definition) is 10. The van der Waals surface area contributed by atoms with Gasteiger partial charge in [0, 0.05) is 49.9 Å². The first-order chi connectivity index (χ1) is 20.7. The molecule has 0 unspecified atom stereocenters. The average molecular weight is 605 g/mol. The van der Waals surface area contributed by atoms with Gasteiger partial charge in [-0.05, 0) is 18.6 Å². The van der Waals surface area contributed by atoms with Gasteiger partial charge in [0.1, 0.15) is 0 Å². The highest BCUT2D eigenvalue weighted by molar-refractivity contribution is 5.97. The summed E-state index contributed by atoms with van der Waals surface area (Å²) in [5, 5.41) is 9.52. The molecule has 1 amide bonds. The number of rotatable bonds is 15. The van der Waals surface area contributed by atoms with Crippen LogP contribution in [0.5, 0.6) is 5.75 Å². The summed E-state index contributed by atoms with van der Waals surface area (Å²) in [6, 6.07) is 3.10. The molecule has 0 aliphatic heterocycles. The molecule has 0 spiro atoms. The number of halogens is 3. The number of aromatic nitrogens is 5. The lowest BCUT2D eigenvalue weighted by Gasteiger charge is -2.17. The second-order valence-electron chi connectivity index (χ2n) is 9.08. The topological polar surface area (TPSA) is 160 Å². The van der Waals surface area contributed by atoms with E-state index in [0.717, 1.165) is 0 Å². The zero-order chi connectivity index (χ0) is 31.0. The third-order valence-corrected chi connectivity index (χ3v) is 6.33. The second kappa shape index (κ2) is 14.1. The van der Waals surface area contributed by atoms with Crippen LogP contribution in [0.15, 0.2) is 36.9 Å². The van der Waals surface area contributed by atoms with Crippen LogP contribution >= 0.6 is 0 Å². The summed E-state index contributed by atoms with van der Waals surface area (Å²) in [6.45, 7) is 3.60. The number of nitrogens with zero attached hydrogens (tertiary/aromatic N) is 5. The Balaban J connectivity index is 1.69. The highest BCUT2D eigenvalue weighted by Gasteiger charge is 2.38. The maximum Gasteiger partial charge on any atom is 0.435 e. The number of anilines is 2. The quantitative estimate of drug-likeness (QED) is 0.136. The highest BCUT2D eigenvalue weighted by atomic mass is 19.4. The zero-order valence-corrected chi connectivity index (χ0v) is 23.5. The number of amides is 1. The van der Waals surface area contributed by atoms with Crippen molar-refractivity contribution in [2.24, 2.45) is 5.73 Å². The molecular weight excluding hydrogens is 573 g/mol. The van der Waals surface area contributed by atoms with E-state index in [-0.39, 0.29) is 67.2 Å². The number of fused-ring (bicyclic) bond motifs is 1. The molecule has 1 aromatic carbocycles. The van der Waals surface area contributed by atoms with Crippen molar-refractivity contribution in [3.63, 3.8) is 0 Å². The Morgan fingerprint density at radius 3 is 2.70 bits per heavy atom. The number of carbonyl (C=O) groups is 2. The first kappa shape index (κ1) is 31.4. The Morgan fingerprint density at radius 1 is 1.19 bits per heavy atom. The van der Waals surface area contributed by atoms with Gasteiger partial charge in [0.2, 0.25) is 0 Å². The molecule has 3 heterocycles. The number of imidazole rings is 1. The molecule has 13 nitrogen and oxygen atoms in total. The molecular formula is C27H31F3N8O5. The maximum atomic E-state index is 13.9. The Kier molecular flexibility index (Phi) is 10.3. The van der Waals surface area contributed by atoms with Crippen molar-refractivity contribution < 1.29 is 37.0 Å². The lowest BCUT2D eigenvalue weighted by Crippen LogP contribution is -2.29. The average Bonchev–Trinajstić information content (AvgIpc) is 3.61. The third kappa shape index (κ3) is 7.10. The lowest BCUT2D eigenvalue weighted by atomic mass is 10.0. The number of carbonyl (C=O) groups excluding carboxylic acids is 2. The van der Waals surface area contributed by atoms with Crippen molar-refractivity contribution >= 4 is 29.5 Å². The number of ether oxygens (including phenoxy) is 3. The molecule has 0 fully saturated rings. The van der Waals surface area contributed by atoms with E-state index in [9.17, 15) is 22.8 Å². The fourth-order valence-corrected chi connectivity index (χ4v) is 4.44. The summed E-state index contributed by atoms with van der Waals surface area (Å²) in [4.78, 5) is 32.9. The van der Waals surface area contributed by atoms with Gasteiger partial charge in [-0.3, -0.25) is 18.7 Å². The van der Waals surface area contributed by atoms with Crippen LogP contribution in [0.3, 0.4) is 0 Å². The number of alkyl halides is 3. The Morgan fingerprint density at radius 2 is 2.00 bits per heavy atom. The number of nitrogens with two attached hydrogens (primary N) is 1. The predicted molar refractivity (Wildman–Crippen MR) is 149 cm³/mol. The molecule has 3 aromatic heterocycles. The van der Waals surface area contributed by atoms with Gasteiger partial charge >= 0.3 is 6.18 Å². The Labute approximate surface area is 244 Å². The molecule has 43 heavy (non-hydrogen) atoms. The third-order valence-electron chi connectivity index (χ3n) is 6.33. The fraction of sp³-hybridized carbons (Fsp3) is 0.370. The van der Waals surface area contributed by atoms with E-state index in [4.69, 9.17) is 19.9 Å². The SMILES string of the molecule is CCc1c(C(=O)NCCOCCN)ccc(Nc2nccn3c(-c4cn(CCOC)nc4C(F)(F)F)cnc23)c1OC=O. The fourth-order valence-electron chi connectivity index (χ4n) is 4.44. The molecule has 0 aliphatic rings. The van der Waals surface area contributed by atoms with Gasteiger partial charge < -0.3 is 30.6 Å². The van der Waals surface area contributed by atoms with Crippen molar-refractivity contribution in [2.75, 3.05) is 45.3 Å². The summed E-state index contributed by atoms with van der Waals surface area (Å²) < 4.78 is 59.8. The maximum absolute atomic E-state index is 13.9. The molecule has 4 rings (SSSR count). The summed E-state index contributed by atoms with van der Waals surface area (Å²) in [6.07, 6.45) is 1.06. The number of methoxy groups -OCH3 is 1. The van der Waals surface area contributed by atoms with Crippen LogP contribution in [-0.4, -0.2) is 76.5 Å². The van der Waals surface area contributed by atoms with Gasteiger partial charge in [0.05, 0.1) is 49.5 Å². The van der Waals surface area contributed by atoms with Crippen molar-refractivity contribution in [3.05, 3.63) is 53.7 Å². The van der Waals surface area contributed by atoms with Crippen LogP contribution < -0.4 is 21.1 Å². The molecule has 16 heteroatoms. The van der Waals surface area contributed by atoms with Crippen LogP contribution in [0.25, 0.3) is 16.9 Å². The van der Waals surface area contributed by atoms with Crippen molar-refractivity contribution in [1.29, 1.82) is 0 Å². The number of benzene rings is 1. The van der Waals surface area contributed by atoms with Gasteiger partial charge in [-0.1, -0.05) is 6.92 Å². The standard InChI is InChI=1S/C27H31F3N8O5/c1-3-17-18(26(40)33-8-12-42-11-6-31)4-5-20(22(17)43-16-39)35-24-25-34-14-21(38(25)9-7-32-24)19-15-37(10-13-41-2)36-23(19)27(28,29)30/h4-5,7,9,14-16H,3,6,8,10-13,31H2,1-2H3,(H,32,35)(H,33,40). The smallest absolute Gasteiger partial charge is 0.426 e. The van der Waals surface area contributed by atoms with Gasteiger partial charge in [-0.25, -0.2) is 9.97 Å². The molecule has 0 radical (unpaired) electrons. The molecule has 0 bridgehead atoms. The van der Waals surface area contributed by atoms with E-state index in [1.807, 2.05) is 0 Å². The van der Waals surface area contributed by atoms with E-state index in [1.165, 1.54) is 47.0 Å². The molecule has 0 saturated carbocycles. The minimum Gasteiger partial charge on any atom is -0.426 e. The number of hydrogen-bond donors (Lipinski definition) is 3. The summed E-state index contributed by atoms with van der Waals surface area (Å²) in [5.74, 6) is -0.125. The second-order valence-corrected chi connectivity index (χ2v) is 9.08. The van der Waals surface area contributed by atoms with Gasteiger partial charge in [-0.15, -0.1) is 0 Å². The minimum absolute atomic E-state index is 0.0962. The Hall–Kier alpha value is -4.54. The van der Waals surface area contributed by atoms with Gasteiger partial charge in [0.15, 0.2) is 22.9 Å². The first-order valence-corrected chi connectivity index (χ1v) is 13.3. The van der Waals surface area contributed by atoms with E-state index >= 15 is 0 Å². The van der Waals surface area contributed by atoms with Crippen molar-refractivity contribution in [3.8, 4) is 17.0 Å².